The van der Waals surface area contributed by atoms with Crippen LogP contribution in [0.1, 0.15) is 11.1 Å². The number of hydrogen-bond acceptors (Lipinski definition) is 2. The lowest BCUT2D eigenvalue weighted by atomic mass is 10.1. The van der Waals surface area contributed by atoms with Crippen LogP contribution in [0, 0.1) is 6.92 Å². The van der Waals surface area contributed by atoms with Crippen molar-refractivity contribution in [1.29, 1.82) is 0 Å². The Bertz CT molecular complexity index is 525. The fraction of sp³-hybridized carbons (Fsp3) is 0.143. The number of nitrogens with two attached hydrogens (primary N) is 1. The third-order valence-corrected chi connectivity index (χ3v) is 4.64. The van der Waals surface area contributed by atoms with Crippen LogP contribution >= 0.6 is 27.7 Å². The molecule has 2 rings (SSSR count). The van der Waals surface area contributed by atoms with Crippen LogP contribution in [-0.2, 0) is 5.75 Å². The lowest BCUT2D eigenvalue weighted by Gasteiger charge is -2.07. The smallest absolute Gasteiger partial charge is 0.0331 e. The number of benzene rings is 2. The SMILES string of the molecule is Cc1ccccc1CSc1ccc(N)cc1Br. The predicted molar refractivity (Wildman–Crippen MR) is 79.3 cm³/mol. The molecule has 0 unspecified atom stereocenters. The van der Waals surface area contributed by atoms with E-state index in [1.807, 2.05) is 23.9 Å². The van der Waals surface area contributed by atoms with E-state index in [-0.39, 0.29) is 0 Å². The normalized spacial score (nSPS) is 10.5. The molecule has 88 valence electrons. The van der Waals surface area contributed by atoms with Crippen molar-refractivity contribution in [3.05, 3.63) is 58.1 Å². The summed E-state index contributed by atoms with van der Waals surface area (Å²) >= 11 is 5.36. The molecule has 0 aromatic heterocycles. The van der Waals surface area contributed by atoms with Crippen LogP contribution in [0.4, 0.5) is 5.69 Å². The van der Waals surface area contributed by atoms with Crippen LogP contribution in [-0.4, -0.2) is 0 Å². The van der Waals surface area contributed by atoms with Crippen molar-refractivity contribution < 1.29 is 0 Å². The molecule has 17 heavy (non-hydrogen) atoms. The van der Waals surface area contributed by atoms with Crippen molar-refractivity contribution in [3.63, 3.8) is 0 Å². The minimum Gasteiger partial charge on any atom is -0.399 e. The largest absolute Gasteiger partial charge is 0.399 e. The highest BCUT2D eigenvalue weighted by Gasteiger charge is 2.03. The maximum Gasteiger partial charge on any atom is 0.0331 e. The van der Waals surface area contributed by atoms with Gasteiger partial charge >= 0.3 is 0 Å². The zero-order chi connectivity index (χ0) is 12.3. The van der Waals surface area contributed by atoms with Gasteiger partial charge in [0.15, 0.2) is 0 Å². The predicted octanol–water partition coefficient (Wildman–Crippen LogP) is 4.63. The standard InChI is InChI=1S/C14H14BrNS/c1-10-4-2-3-5-11(10)9-17-14-7-6-12(16)8-13(14)15/h2-8H,9,16H2,1H3. The average Bonchev–Trinajstić information content (AvgIpc) is 2.30. The summed E-state index contributed by atoms with van der Waals surface area (Å²) in [6.45, 7) is 2.15. The molecule has 0 fully saturated rings. The summed E-state index contributed by atoms with van der Waals surface area (Å²) in [6, 6.07) is 14.4. The van der Waals surface area contributed by atoms with Crippen LogP contribution < -0.4 is 5.73 Å². The second kappa shape index (κ2) is 5.61. The quantitative estimate of drug-likeness (QED) is 0.661. The van der Waals surface area contributed by atoms with Gasteiger partial charge in [0.25, 0.3) is 0 Å². The Morgan fingerprint density at radius 1 is 1.18 bits per heavy atom. The molecule has 0 amide bonds. The van der Waals surface area contributed by atoms with Crippen LogP contribution in [0.15, 0.2) is 51.8 Å². The molecule has 1 nitrogen and oxygen atoms in total. The Hall–Kier alpha value is -0.930. The van der Waals surface area contributed by atoms with E-state index in [4.69, 9.17) is 5.73 Å². The minimum atomic E-state index is 0.789. The molecule has 0 bridgehead atoms. The molecule has 0 aliphatic rings. The van der Waals surface area contributed by atoms with E-state index < -0.39 is 0 Å². The lowest BCUT2D eigenvalue weighted by molar-refractivity contribution is 1.29. The molecular weight excluding hydrogens is 294 g/mol. The molecule has 0 aliphatic heterocycles. The van der Waals surface area contributed by atoms with Gasteiger partial charge in [0, 0.05) is 20.8 Å². The van der Waals surface area contributed by atoms with E-state index in [2.05, 4.69) is 53.2 Å². The van der Waals surface area contributed by atoms with Crippen molar-refractivity contribution in [3.8, 4) is 0 Å². The molecule has 2 aromatic carbocycles. The van der Waals surface area contributed by atoms with E-state index in [9.17, 15) is 0 Å². The number of halogens is 1. The molecule has 0 heterocycles. The summed E-state index contributed by atoms with van der Waals surface area (Å²) in [4.78, 5) is 1.22. The summed E-state index contributed by atoms with van der Waals surface area (Å²) in [7, 11) is 0. The Balaban J connectivity index is 2.10. The van der Waals surface area contributed by atoms with Crippen LogP contribution in [0.3, 0.4) is 0 Å². The van der Waals surface area contributed by atoms with E-state index in [0.29, 0.717) is 0 Å². The molecule has 0 aliphatic carbocycles. The first-order valence-electron chi connectivity index (χ1n) is 5.39. The highest BCUT2D eigenvalue weighted by Crippen LogP contribution is 2.31. The average molecular weight is 308 g/mol. The van der Waals surface area contributed by atoms with Gasteiger partial charge in [0.05, 0.1) is 0 Å². The van der Waals surface area contributed by atoms with Crippen molar-refractivity contribution >= 4 is 33.4 Å². The number of aryl methyl sites for hydroxylation is 1. The van der Waals surface area contributed by atoms with Gasteiger partial charge in [-0.2, -0.15) is 0 Å². The maximum atomic E-state index is 5.72. The number of anilines is 1. The Kier molecular flexibility index (Phi) is 4.13. The molecule has 0 radical (unpaired) electrons. The summed E-state index contributed by atoms with van der Waals surface area (Å²) in [5.74, 6) is 0.981. The molecule has 3 heteroatoms. The zero-order valence-electron chi connectivity index (χ0n) is 9.61. The fourth-order valence-corrected chi connectivity index (χ4v) is 3.30. The molecular formula is C14H14BrNS. The summed E-state index contributed by atoms with van der Waals surface area (Å²) in [6.07, 6.45) is 0. The van der Waals surface area contributed by atoms with E-state index >= 15 is 0 Å². The monoisotopic (exact) mass is 307 g/mol. The van der Waals surface area contributed by atoms with Crippen molar-refractivity contribution in [1.82, 2.24) is 0 Å². The molecule has 2 N–H and O–H groups in total. The highest BCUT2D eigenvalue weighted by molar-refractivity contribution is 9.10. The van der Waals surface area contributed by atoms with Crippen molar-refractivity contribution in [2.45, 2.75) is 17.6 Å². The second-order valence-corrected chi connectivity index (χ2v) is 5.78. The maximum absolute atomic E-state index is 5.72. The lowest BCUT2D eigenvalue weighted by Crippen LogP contribution is -1.87. The van der Waals surface area contributed by atoms with Gasteiger partial charge in [-0.3, -0.25) is 0 Å². The van der Waals surface area contributed by atoms with Gasteiger partial charge in [-0.25, -0.2) is 0 Å². The minimum absolute atomic E-state index is 0.789. The van der Waals surface area contributed by atoms with Crippen LogP contribution in [0.25, 0.3) is 0 Å². The number of thioether (sulfide) groups is 1. The fourth-order valence-electron chi connectivity index (χ4n) is 1.56. The van der Waals surface area contributed by atoms with Gasteiger partial charge < -0.3 is 5.73 Å². The third kappa shape index (κ3) is 3.27. The van der Waals surface area contributed by atoms with E-state index in [0.717, 1.165) is 15.9 Å². The van der Waals surface area contributed by atoms with Gasteiger partial charge in [-0.1, -0.05) is 24.3 Å². The van der Waals surface area contributed by atoms with Gasteiger partial charge in [-0.15, -0.1) is 11.8 Å². The van der Waals surface area contributed by atoms with Crippen LogP contribution in [0.2, 0.25) is 0 Å². The summed E-state index contributed by atoms with van der Waals surface area (Å²) in [5, 5.41) is 0. The first kappa shape index (κ1) is 12.5. The Morgan fingerprint density at radius 2 is 1.94 bits per heavy atom. The molecule has 0 atom stereocenters. The zero-order valence-corrected chi connectivity index (χ0v) is 12.0. The van der Waals surface area contributed by atoms with Crippen LogP contribution in [0.5, 0.6) is 0 Å². The summed E-state index contributed by atoms with van der Waals surface area (Å²) in [5.41, 5.74) is 9.22. The number of rotatable bonds is 3. The van der Waals surface area contributed by atoms with E-state index in [1.165, 1.54) is 16.0 Å². The molecule has 0 spiro atoms. The third-order valence-electron chi connectivity index (χ3n) is 2.60. The number of hydrogen-bond donors (Lipinski definition) is 1. The molecule has 0 saturated heterocycles. The van der Waals surface area contributed by atoms with E-state index in [1.54, 1.807) is 0 Å². The van der Waals surface area contributed by atoms with Crippen molar-refractivity contribution in [2.75, 3.05) is 5.73 Å². The first-order chi connectivity index (χ1) is 8.16. The van der Waals surface area contributed by atoms with Gasteiger partial charge in [0.2, 0.25) is 0 Å². The van der Waals surface area contributed by atoms with Gasteiger partial charge in [0.1, 0.15) is 0 Å². The first-order valence-corrected chi connectivity index (χ1v) is 7.17. The number of nitrogen functional groups attached to an aromatic ring is 1. The highest BCUT2D eigenvalue weighted by atomic mass is 79.9. The topological polar surface area (TPSA) is 26.0 Å². The van der Waals surface area contributed by atoms with Gasteiger partial charge in [-0.05, 0) is 52.2 Å². The molecule has 0 saturated carbocycles. The second-order valence-electron chi connectivity index (χ2n) is 3.91. The molecule has 2 aromatic rings. The Morgan fingerprint density at radius 3 is 2.65 bits per heavy atom. The summed E-state index contributed by atoms with van der Waals surface area (Å²) < 4.78 is 1.07. The van der Waals surface area contributed by atoms with Crippen molar-refractivity contribution in [2.24, 2.45) is 0 Å². The Labute approximate surface area is 115 Å².